The molecular weight excluding hydrogens is 288 g/mol. The number of thiazole rings is 1. The van der Waals surface area contributed by atoms with Crippen LogP contribution in [-0.4, -0.2) is 24.0 Å². The molecule has 0 radical (unpaired) electrons. The highest BCUT2D eigenvalue weighted by Gasteiger charge is 2.24. The van der Waals surface area contributed by atoms with Gasteiger partial charge in [0.1, 0.15) is 16.4 Å². The summed E-state index contributed by atoms with van der Waals surface area (Å²) in [5.41, 5.74) is 6.48. The summed E-state index contributed by atoms with van der Waals surface area (Å²) in [5.74, 6) is 0.673. The van der Waals surface area contributed by atoms with E-state index < -0.39 is 0 Å². The molecule has 0 atom stereocenters. The number of rotatable bonds is 5. The zero-order valence-corrected chi connectivity index (χ0v) is 12.4. The highest BCUT2D eigenvalue weighted by atomic mass is 32.1. The number of nitrogens with one attached hydrogen (secondary N) is 2. The Labute approximate surface area is 126 Å². The number of hydrogen-bond acceptors (Lipinski definition) is 6. The molecular formula is C14H16N4O2S. The molecule has 21 heavy (non-hydrogen) atoms. The van der Waals surface area contributed by atoms with Crippen LogP contribution in [0.1, 0.15) is 22.5 Å². The van der Waals surface area contributed by atoms with Crippen molar-refractivity contribution in [3.8, 4) is 5.75 Å². The molecule has 1 aliphatic carbocycles. The molecule has 1 saturated carbocycles. The van der Waals surface area contributed by atoms with Crippen molar-refractivity contribution in [1.29, 1.82) is 0 Å². The van der Waals surface area contributed by atoms with E-state index in [-0.39, 0.29) is 11.7 Å². The van der Waals surface area contributed by atoms with Gasteiger partial charge in [0.15, 0.2) is 5.13 Å². The van der Waals surface area contributed by atoms with E-state index in [1.807, 2.05) is 12.1 Å². The lowest BCUT2D eigenvalue weighted by atomic mass is 10.3. The molecule has 1 amide bonds. The molecule has 1 aliphatic rings. The van der Waals surface area contributed by atoms with Crippen molar-refractivity contribution in [3.05, 3.63) is 29.1 Å². The molecule has 0 bridgehead atoms. The maximum absolute atomic E-state index is 12.3. The number of methoxy groups -OCH3 is 1. The zero-order valence-electron chi connectivity index (χ0n) is 11.6. The third-order valence-corrected chi connectivity index (χ3v) is 4.09. The average Bonchev–Trinajstić information content (AvgIpc) is 3.20. The van der Waals surface area contributed by atoms with Crippen molar-refractivity contribution in [1.82, 2.24) is 4.98 Å². The monoisotopic (exact) mass is 304 g/mol. The van der Waals surface area contributed by atoms with Gasteiger partial charge < -0.3 is 21.1 Å². The van der Waals surface area contributed by atoms with Crippen LogP contribution in [0.4, 0.5) is 16.6 Å². The van der Waals surface area contributed by atoms with E-state index in [0.29, 0.717) is 27.5 Å². The van der Waals surface area contributed by atoms with Crippen LogP contribution in [-0.2, 0) is 0 Å². The molecule has 4 N–H and O–H groups in total. The highest BCUT2D eigenvalue weighted by molar-refractivity contribution is 7.18. The lowest BCUT2D eigenvalue weighted by Crippen LogP contribution is -2.12. The van der Waals surface area contributed by atoms with Crippen molar-refractivity contribution in [2.24, 2.45) is 0 Å². The Morgan fingerprint density at radius 3 is 3.00 bits per heavy atom. The minimum Gasteiger partial charge on any atom is -0.497 e. The quantitative estimate of drug-likeness (QED) is 0.790. The van der Waals surface area contributed by atoms with Crippen LogP contribution in [0, 0.1) is 0 Å². The van der Waals surface area contributed by atoms with Crippen molar-refractivity contribution >= 4 is 33.9 Å². The molecule has 7 heteroatoms. The fraction of sp³-hybridized carbons (Fsp3) is 0.286. The van der Waals surface area contributed by atoms with E-state index in [2.05, 4.69) is 15.6 Å². The minimum atomic E-state index is -0.262. The molecule has 0 spiro atoms. The molecule has 3 rings (SSSR count). The predicted octanol–water partition coefficient (Wildman–Crippen LogP) is 2.56. The molecule has 0 aliphatic heterocycles. The number of carbonyl (C=O) groups is 1. The summed E-state index contributed by atoms with van der Waals surface area (Å²) in [6, 6.07) is 7.64. The number of anilines is 3. The lowest BCUT2D eigenvalue weighted by molar-refractivity contribution is 0.103. The number of nitrogens with two attached hydrogens (primary N) is 1. The Bertz CT molecular complexity index is 667. The standard InChI is InChI=1S/C14H16N4O2S/c1-20-10-4-2-3-9(7-10)16-13(19)11-12(15)18-14(21-11)17-8-5-6-8/h2-4,7-8H,5-6,15H2,1H3,(H,16,19)(H,17,18). The molecule has 1 heterocycles. The number of benzene rings is 1. The van der Waals surface area contributed by atoms with Gasteiger partial charge in [-0.3, -0.25) is 4.79 Å². The van der Waals surface area contributed by atoms with Crippen molar-refractivity contribution in [2.75, 3.05) is 23.5 Å². The van der Waals surface area contributed by atoms with Gasteiger partial charge in [-0.05, 0) is 25.0 Å². The van der Waals surface area contributed by atoms with Crippen LogP contribution in [0.2, 0.25) is 0 Å². The van der Waals surface area contributed by atoms with E-state index in [1.54, 1.807) is 19.2 Å². The Balaban J connectivity index is 1.73. The largest absolute Gasteiger partial charge is 0.497 e. The number of carbonyl (C=O) groups excluding carboxylic acids is 1. The van der Waals surface area contributed by atoms with Gasteiger partial charge in [-0.25, -0.2) is 4.98 Å². The van der Waals surface area contributed by atoms with Gasteiger partial charge >= 0.3 is 0 Å². The van der Waals surface area contributed by atoms with Crippen LogP contribution in [0.25, 0.3) is 0 Å². The SMILES string of the molecule is COc1cccc(NC(=O)c2sc(NC3CC3)nc2N)c1. The molecule has 0 saturated heterocycles. The van der Waals surface area contributed by atoms with E-state index in [1.165, 1.54) is 11.3 Å². The van der Waals surface area contributed by atoms with E-state index in [0.717, 1.165) is 12.8 Å². The summed E-state index contributed by atoms with van der Waals surface area (Å²) >= 11 is 1.27. The Morgan fingerprint density at radius 2 is 2.29 bits per heavy atom. The van der Waals surface area contributed by atoms with Gasteiger partial charge in [-0.2, -0.15) is 0 Å². The average molecular weight is 304 g/mol. The molecule has 1 aromatic heterocycles. The van der Waals surface area contributed by atoms with Crippen molar-refractivity contribution < 1.29 is 9.53 Å². The molecule has 1 aromatic carbocycles. The van der Waals surface area contributed by atoms with Crippen LogP contribution < -0.4 is 21.1 Å². The number of ether oxygens (including phenoxy) is 1. The Hall–Kier alpha value is -2.28. The third-order valence-electron chi connectivity index (χ3n) is 3.09. The van der Waals surface area contributed by atoms with Gasteiger partial charge in [0, 0.05) is 17.8 Å². The van der Waals surface area contributed by atoms with Gasteiger partial charge in [0.25, 0.3) is 5.91 Å². The number of nitrogen functional groups attached to an aromatic ring is 1. The first-order valence-corrected chi connectivity index (χ1v) is 7.45. The zero-order chi connectivity index (χ0) is 14.8. The van der Waals surface area contributed by atoms with Crippen molar-refractivity contribution in [2.45, 2.75) is 18.9 Å². The number of nitrogens with zero attached hydrogens (tertiary/aromatic N) is 1. The second-order valence-electron chi connectivity index (χ2n) is 4.84. The van der Waals surface area contributed by atoms with Gasteiger partial charge in [-0.1, -0.05) is 17.4 Å². The van der Waals surface area contributed by atoms with Crippen LogP contribution >= 0.6 is 11.3 Å². The van der Waals surface area contributed by atoms with Crippen LogP contribution in [0.3, 0.4) is 0 Å². The second kappa shape index (κ2) is 5.61. The van der Waals surface area contributed by atoms with E-state index in [4.69, 9.17) is 10.5 Å². The fourth-order valence-electron chi connectivity index (χ4n) is 1.85. The molecule has 1 fully saturated rings. The lowest BCUT2D eigenvalue weighted by Gasteiger charge is -2.05. The second-order valence-corrected chi connectivity index (χ2v) is 5.84. The first-order valence-electron chi connectivity index (χ1n) is 6.64. The van der Waals surface area contributed by atoms with Crippen LogP contribution in [0.5, 0.6) is 5.75 Å². The molecule has 2 aromatic rings. The van der Waals surface area contributed by atoms with E-state index >= 15 is 0 Å². The topological polar surface area (TPSA) is 89.3 Å². The summed E-state index contributed by atoms with van der Waals surface area (Å²) in [4.78, 5) is 16.9. The van der Waals surface area contributed by atoms with Crippen LogP contribution in [0.15, 0.2) is 24.3 Å². The summed E-state index contributed by atoms with van der Waals surface area (Å²) in [6.45, 7) is 0. The maximum atomic E-state index is 12.3. The third kappa shape index (κ3) is 3.25. The number of hydrogen-bond donors (Lipinski definition) is 3. The smallest absolute Gasteiger partial charge is 0.269 e. The number of amides is 1. The first kappa shape index (κ1) is 13.7. The van der Waals surface area contributed by atoms with Gasteiger partial charge in [0.2, 0.25) is 0 Å². The van der Waals surface area contributed by atoms with Gasteiger partial charge in [-0.15, -0.1) is 0 Å². The van der Waals surface area contributed by atoms with E-state index in [9.17, 15) is 4.79 Å². The highest BCUT2D eigenvalue weighted by Crippen LogP contribution is 2.31. The fourth-order valence-corrected chi connectivity index (χ4v) is 2.70. The molecule has 6 nitrogen and oxygen atoms in total. The number of aromatic nitrogens is 1. The first-order chi connectivity index (χ1) is 10.2. The Kier molecular flexibility index (Phi) is 3.66. The minimum absolute atomic E-state index is 0.253. The summed E-state index contributed by atoms with van der Waals surface area (Å²) in [5, 5.41) is 6.74. The molecule has 110 valence electrons. The van der Waals surface area contributed by atoms with Gasteiger partial charge in [0.05, 0.1) is 7.11 Å². The normalized spacial score (nSPS) is 13.8. The Morgan fingerprint density at radius 1 is 1.48 bits per heavy atom. The molecule has 0 unspecified atom stereocenters. The van der Waals surface area contributed by atoms with Crippen molar-refractivity contribution in [3.63, 3.8) is 0 Å². The predicted molar refractivity (Wildman–Crippen MR) is 84.1 cm³/mol. The summed E-state index contributed by atoms with van der Waals surface area (Å²) in [6.07, 6.45) is 2.29. The summed E-state index contributed by atoms with van der Waals surface area (Å²) in [7, 11) is 1.58. The maximum Gasteiger partial charge on any atom is 0.269 e. The summed E-state index contributed by atoms with van der Waals surface area (Å²) < 4.78 is 5.12.